The molecule has 1 fully saturated rings. The number of nitrogen functional groups attached to an aromatic ring is 1. The van der Waals surface area contributed by atoms with Crippen molar-refractivity contribution in [1.82, 2.24) is 0 Å². The molecule has 3 N–H and O–H groups in total. The van der Waals surface area contributed by atoms with Gasteiger partial charge in [-0.2, -0.15) is 0 Å². The second kappa shape index (κ2) is 4.89. The van der Waals surface area contributed by atoms with E-state index in [0.29, 0.717) is 25.2 Å². The van der Waals surface area contributed by atoms with Gasteiger partial charge in [0.2, 0.25) is 0 Å². The maximum absolute atomic E-state index is 13.8. The van der Waals surface area contributed by atoms with Crippen LogP contribution >= 0.6 is 0 Å². The van der Waals surface area contributed by atoms with Gasteiger partial charge in [0.05, 0.1) is 23.1 Å². The van der Waals surface area contributed by atoms with Crippen LogP contribution in [0.2, 0.25) is 0 Å². The summed E-state index contributed by atoms with van der Waals surface area (Å²) in [6.45, 7) is 6.67. The number of halogens is 1. The van der Waals surface area contributed by atoms with Crippen LogP contribution in [0.5, 0.6) is 5.75 Å². The lowest BCUT2D eigenvalue weighted by Gasteiger charge is -2.23. The van der Waals surface area contributed by atoms with Crippen LogP contribution in [0.4, 0.5) is 15.8 Å². The molecular formula is C14H21FN2O2. The molecule has 1 aromatic carbocycles. The van der Waals surface area contributed by atoms with Gasteiger partial charge in [0.25, 0.3) is 0 Å². The highest BCUT2D eigenvalue weighted by molar-refractivity contribution is 5.70. The van der Waals surface area contributed by atoms with Crippen molar-refractivity contribution in [2.75, 3.05) is 23.7 Å². The zero-order chi connectivity index (χ0) is 14.2. The Morgan fingerprint density at radius 2 is 2.16 bits per heavy atom. The number of rotatable bonds is 3. The fourth-order valence-corrected chi connectivity index (χ4v) is 2.33. The van der Waals surface area contributed by atoms with Crippen LogP contribution < -0.4 is 15.4 Å². The molecule has 0 aliphatic carbocycles. The fourth-order valence-electron chi connectivity index (χ4n) is 2.33. The molecule has 1 aliphatic heterocycles. The summed E-state index contributed by atoms with van der Waals surface area (Å²) < 4.78 is 19.2. The van der Waals surface area contributed by atoms with Crippen molar-refractivity contribution >= 4 is 11.4 Å². The molecule has 5 heteroatoms. The van der Waals surface area contributed by atoms with Crippen LogP contribution in [0.15, 0.2) is 12.1 Å². The highest BCUT2D eigenvalue weighted by atomic mass is 19.1. The first kappa shape index (κ1) is 13.9. The molecule has 1 atom stereocenters. The molecular weight excluding hydrogens is 247 g/mol. The summed E-state index contributed by atoms with van der Waals surface area (Å²) in [5.74, 6) is -0.258. The first-order valence-corrected chi connectivity index (χ1v) is 6.51. The Balaban J connectivity index is 2.30. The SMILES string of the molecule is CC(C)Oc1cc(N2CCC(C)(O)C2)c(N)cc1F. The summed E-state index contributed by atoms with van der Waals surface area (Å²) in [7, 11) is 0. The molecule has 0 aromatic heterocycles. The van der Waals surface area contributed by atoms with Gasteiger partial charge < -0.3 is 20.5 Å². The minimum absolute atomic E-state index is 0.104. The number of aliphatic hydroxyl groups is 1. The van der Waals surface area contributed by atoms with Gasteiger partial charge in [-0.3, -0.25) is 0 Å². The van der Waals surface area contributed by atoms with Gasteiger partial charge in [0, 0.05) is 25.2 Å². The van der Waals surface area contributed by atoms with Crippen LogP contribution in [0.1, 0.15) is 27.2 Å². The molecule has 1 saturated heterocycles. The first-order chi connectivity index (χ1) is 8.78. The third-order valence-corrected chi connectivity index (χ3v) is 3.24. The van der Waals surface area contributed by atoms with Crippen LogP contribution in [0.3, 0.4) is 0 Å². The van der Waals surface area contributed by atoms with Gasteiger partial charge in [-0.1, -0.05) is 0 Å². The molecule has 0 spiro atoms. The van der Waals surface area contributed by atoms with E-state index in [4.69, 9.17) is 10.5 Å². The second-order valence-corrected chi connectivity index (χ2v) is 5.68. The lowest BCUT2D eigenvalue weighted by Crippen LogP contribution is -2.30. The summed E-state index contributed by atoms with van der Waals surface area (Å²) in [6.07, 6.45) is 0.567. The molecule has 0 saturated carbocycles. The van der Waals surface area contributed by atoms with Crippen molar-refractivity contribution in [3.8, 4) is 5.75 Å². The maximum atomic E-state index is 13.8. The van der Waals surface area contributed by atoms with E-state index in [1.165, 1.54) is 6.07 Å². The Hall–Kier alpha value is -1.49. The van der Waals surface area contributed by atoms with Gasteiger partial charge in [-0.15, -0.1) is 0 Å². The van der Waals surface area contributed by atoms with E-state index in [1.807, 2.05) is 18.7 Å². The minimum Gasteiger partial charge on any atom is -0.488 e. The summed E-state index contributed by atoms with van der Waals surface area (Å²) in [5, 5.41) is 10.00. The molecule has 1 heterocycles. The lowest BCUT2D eigenvalue weighted by atomic mass is 10.1. The zero-order valence-electron chi connectivity index (χ0n) is 11.6. The minimum atomic E-state index is -0.722. The molecule has 19 heavy (non-hydrogen) atoms. The van der Waals surface area contributed by atoms with Gasteiger partial charge in [0.1, 0.15) is 0 Å². The zero-order valence-corrected chi connectivity index (χ0v) is 11.6. The highest BCUT2D eigenvalue weighted by Crippen LogP contribution is 2.35. The lowest BCUT2D eigenvalue weighted by molar-refractivity contribution is 0.0839. The average molecular weight is 268 g/mol. The largest absolute Gasteiger partial charge is 0.488 e. The summed E-state index contributed by atoms with van der Waals surface area (Å²) in [6, 6.07) is 2.89. The first-order valence-electron chi connectivity index (χ1n) is 6.51. The van der Waals surface area contributed by atoms with Gasteiger partial charge in [-0.05, 0) is 27.2 Å². The van der Waals surface area contributed by atoms with E-state index in [0.717, 1.165) is 5.69 Å². The molecule has 0 radical (unpaired) electrons. The molecule has 1 aliphatic rings. The third-order valence-electron chi connectivity index (χ3n) is 3.24. The van der Waals surface area contributed by atoms with E-state index in [9.17, 15) is 9.50 Å². The Morgan fingerprint density at radius 3 is 2.68 bits per heavy atom. The Morgan fingerprint density at radius 1 is 1.47 bits per heavy atom. The summed E-state index contributed by atoms with van der Waals surface area (Å²) >= 11 is 0. The van der Waals surface area contributed by atoms with E-state index in [1.54, 1.807) is 13.0 Å². The number of hydrogen-bond donors (Lipinski definition) is 2. The van der Waals surface area contributed by atoms with E-state index in [2.05, 4.69) is 0 Å². The third kappa shape index (κ3) is 3.10. The van der Waals surface area contributed by atoms with E-state index in [-0.39, 0.29) is 11.9 Å². The van der Waals surface area contributed by atoms with Gasteiger partial charge in [-0.25, -0.2) is 4.39 Å². The van der Waals surface area contributed by atoms with Crippen LogP contribution in [0, 0.1) is 5.82 Å². The van der Waals surface area contributed by atoms with E-state index < -0.39 is 11.4 Å². The molecule has 0 amide bonds. The summed E-state index contributed by atoms with van der Waals surface area (Å²) in [4.78, 5) is 1.96. The van der Waals surface area contributed by atoms with Gasteiger partial charge in [0.15, 0.2) is 11.6 Å². The Bertz CT molecular complexity index is 475. The monoisotopic (exact) mass is 268 g/mol. The quantitative estimate of drug-likeness (QED) is 0.825. The van der Waals surface area contributed by atoms with Crippen LogP contribution in [-0.4, -0.2) is 29.9 Å². The molecule has 1 unspecified atom stereocenters. The smallest absolute Gasteiger partial charge is 0.167 e. The molecule has 4 nitrogen and oxygen atoms in total. The predicted octanol–water partition coefficient (Wildman–Crippen LogP) is 2.16. The summed E-state index contributed by atoms with van der Waals surface area (Å²) in [5.41, 5.74) is 6.23. The molecule has 2 rings (SSSR count). The second-order valence-electron chi connectivity index (χ2n) is 5.68. The number of ether oxygens (including phenoxy) is 1. The van der Waals surface area contributed by atoms with Gasteiger partial charge >= 0.3 is 0 Å². The molecule has 0 bridgehead atoms. The number of nitrogens with two attached hydrogens (primary N) is 1. The van der Waals surface area contributed by atoms with E-state index >= 15 is 0 Å². The average Bonchev–Trinajstić information content (AvgIpc) is 2.62. The number of benzene rings is 1. The van der Waals surface area contributed by atoms with Crippen molar-refractivity contribution in [1.29, 1.82) is 0 Å². The van der Waals surface area contributed by atoms with Crippen LogP contribution in [-0.2, 0) is 0 Å². The number of β-amino-alcohol motifs (C(OH)–C–C–N with tert-alkyl or cyclic N) is 1. The fraction of sp³-hybridized carbons (Fsp3) is 0.571. The number of nitrogens with zero attached hydrogens (tertiary/aromatic N) is 1. The Labute approximate surface area is 113 Å². The standard InChI is InChI=1S/C14H21FN2O2/c1-9(2)19-13-7-12(11(16)6-10(13)15)17-5-4-14(3,18)8-17/h6-7,9,18H,4-5,8,16H2,1-3H3. The van der Waals surface area contributed by atoms with Crippen LogP contribution in [0.25, 0.3) is 0 Å². The number of anilines is 2. The normalized spacial score (nSPS) is 23.2. The molecule has 1 aromatic rings. The topological polar surface area (TPSA) is 58.7 Å². The molecule has 106 valence electrons. The van der Waals surface area contributed by atoms with Crippen molar-refractivity contribution < 1.29 is 14.2 Å². The van der Waals surface area contributed by atoms with Crippen molar-refractivity contribution in [2.24, 2.45) is 0 Å². The number of hydrogen-bond acceptors (Lipinski definition) is 4. The van der Waals surface area contributed by atoms with Crippen molar-refractivity contribution in [2.45, 2.75) is 38.9 Å². The highest BCUT2D eigenvalue weighted by Gasteiger charge is 2.32. The van der Waals surface area contributed by atoms with Crippen molar-refractivity contribution in [3.63, 3.8) is 0 Å². The Kier molecular flexibility index (Phi) is 3.58. The predicted molar refractivity (Wildman–Crippen MR) is 74.0 cm³/mol. The van der Waals surface area contributed by atoms with Crippen molar-refractivity contribution in [3.05, 3.63) is 17.9 Å². The maximum Gasteiger partial charge on any atom is 0.167 e.